The predicted octanol–water partition coefficient (Wildman–Crippen LogP) is 5.92. The number of benzene rings is 3. The van der Waals surface area contributed by atoms with Crippen molar-refractivity contribution in [1.29, 1.82) is 0 Å². The molecule has 0 aliphatic carbocycles. The van der Waals surface area contributed by atoms with Crippen molar-refractivity contribution >= 4 is 22.9 Å². The third-order valence-electron chi connectivity index (χ3n) is 6.99. The summed E-state index contributed by atoms with van der Waals surface area (Å²) in [5, 5.41) is 3.10. The second-order valence-electron chi connectivity index (χ2n) is 9.71. The first-order valence-corrected chi connectivity index (χ1v) is 12.6. The number of carbonyl (C=O) groups is 2. The summed E-state index contributed by atoms with van der Waals surface area (Å²) < 4.78 is 5.91. The van der Waals surface area contributed by atoms with E-state index in [1.807, 2.05) is 85.5 Å². The van der Waals surface area contributed by atoms with Gasteiger partial charge < -0.3 is 14.6 Å². The molecule has 184 valence electrons. The van der Waals surface area contributed by atoms with Gasteiger partial charge in [-0.1, -0.05) is 48.0 Å². The van der Waals surface area contributed by atoms with E-state index in [1.54, 1.807) is 6.07 Å². The van der Waals surface area contributed by atoms with Crippen LogP contribution in [0.15, 0.2) is 77.2 Å². The van der Waals surface area contributed by atoms with Crippen LogP contribution in [-0.2, 0) is 4.79 Å². The number of aryl methyl sites for hydroxylation is 1. The zero-order valence-electron chi connectivity index (χ0n) is 20.7. The van der Waals surface area contributed by atoms with E-state index in [9.17, 15) is 9.59 Å². The average Bonchev–Trinajstić information content (AvgIpc) is 3.33. The number of rotatable bonds is 6. The Kier molecular flexibility index (Phi) is 6.85. The van der Waals surface area contributed by atoms with E-state index in [4.69, 9.17) is 4.42 Å². The van der Waals surface area contributed by atoms with Crippen molar-refractivity contribution in [2.45, 2.75) is 39.2 Å². The molecule has 1 aliphatic heterocycles. The fraction of sp³-hybridized carbons (Fsp3) is 0.300. The third-order valence-corrected chi connectivity index (χ3v) is 6.99. The summed E-state index contributed by atoms with van der Waals surface area (Å²) in [4.78, 5) is 32.2. The monoisotopic (exact) mass is 481 g/mol. The molecule has 6 heteroatoms. The first-order chi connectivity index (χ1) is 17.5. The minimum atomic E-state index is -0.0154. The summed E-state index contributed by atoms with van der Waals surface area (Å²) in [6.07, 6.45) is 2.14. The van der Waals surface area contributed by atoms with E-state index in [1.165, 1.54) is 5.56 Å². The summed E-state index contributed by atoms with van der Waals surface area (Å²) in [6.45, 7) is 5.34. The maximum atomic E-state index is 13.2. The molecule has 1 unspecified atom stereocenters. The summed E-state index contributed by atoms with van der Waals surface area (Å²) in [5.41, 5.74) is 5.13. The van der Waals surface area contributed by atoms with E-state index in [-0.39, 0.29) is 23.8 Å². The minimum absolute atomic E-state index is 0.00242. The maximum Gasteiger partial charge on any atom is 0.253 e. The fourth-order valence-electron chi connectivity index (χ4n) is 4.79. The van der Waals surface area contributed by atoms with E-state index >= 15 is 0 Å². The molecule has 36 heavy (non-hydrogen) atoms. The lowest BCUT2D eigenvalue weighted by Crippen LogP contribution is -2.39. The van der Waals surface area contributed by atoms with Crippen molar-refractivity contribution in [3.63, 3.8) is 0 Å². The molecule has 0 radical (unpaired) electrons. The van der Waals surface area contributed by atoms with Gasteiger partial charge >= 0.3 is 0 Å². The van der Waals surface area contributed by atoms with Crippen LogP contribution in [0.25, 0.3) is 22.6 Å². The molecule has 1 N–H and O–H groups in total. The lowest BCUT2D eigenvalue weighted by molar-refractivity contribution is -0.122. The molecule has 0 bridgehead atoms. The molecule has 1 saturated heterocycles. The summed E-state index contributed by atoms with van der Waals surface area (Å²) in [5.74, 6) is 0.900. The predicted molar refractivity (Wildman–Crippen MR) is 140 cm³/mol. The zero-order chi connectivity index (χ0) is 25.1. The number of likely N-dealkylation sites (tertiary alicyclic amines) is 1. The van der Waals surface area contributed by atoms with Gasteiger partial charge in [0, 0.05) is 30.6 Å². The van der Waals surface area contributed by atoms with Crippen LogP contribution in [0, 0.1) is 12.8 Å². The first kappa shape index (κ1) is 23.8. The lowest BCUT2D eigenvalue weighted by Gasteiger charge is -2.32. The number of nitrogens with zero attached hydrogens (tertiary/aromatic N) is 2. The van der Waals surface area contributed by atoms with Crippen molar-refractivity contribution < 1.29 is 14.0 Å². The smallest absolute Gasteiger partial charge is 0.253 e. The van der Waals surface area contributed by atoms with Crippen LogP contribution in [0.5, 0.6) is 0 Å². The number of nitrogens with one attached hydrogen (secondary N) is 1. The van der Waals surface area contributed by atoms with Crippen molar-refractivity contribution in [3.8, 4) is 11.5 Å². The van der Waals surface area contributed by atoms with Gasteiger partial charge in [0.25, 0.3) is 5.91 Å². The summed E-state index contributed by atoms with van der Waals surface area (Å²) in [6, 6.07) is 23.4. The molecular weight excluding hydrogens is 450 g/mol. The molecule has 1 aromatic heterocycles. The van der Waals surface area contributed by atoms with Gasteiger partial charge in [-0.25, -0.2) is 4.98 Å². The molecule has 2 heterocycles. The second-order valence-corrected chi connectivity index (χ2v) is 9.71. The van der Waals surface area contributed by atoms with Crippen LogP contribution in [0.3, 0.4) is 0 Å². The van der Waals surface area contributed by atoms with Crippen LogP contribution in [0.4, 0.5) is 0 Å². The Hall–Kier alpha value is -3.93. The molecule has 1 atom stereocenters. The fourth-order valence-corrected chi connectivity index (χ4v) is 4.79. The number of piperidine rings is 1. The van der Waals surface area contributed by atoms with Crippen molar-refractivity contribution in [2.75, 3.05) is 13.1 Å². The van der Waals surface area contributed by atoms with Gasteiger partial charge in [-0.05, 0) is 68.5 Å². The largest absolute Gasteiger partial charge is 0.436 e. The zero-order valence-corrected chi connectivity index (χ0v) is 20.7. The van der Waals surface area contributed by atoms with Crippen LogP contribution >= 0.6 is 0 Å². The molecule has 6 nitrogen and oxygen atoms in total. The van der Waals surface area contributed by atoms with E-state index in [2.05, 4.69) is 10.3 Å². The van der Waals surface area contributed by atoms with Crippen LogP contribution in [-0.4, -0.2) is 34.8 Å². The van der Waals surface area contributed by atoms with Crippen LogP contribution in [0.1, 0.15) is 53.7 Å². The Morgan fingerprint density at radius 3 is 2.47 bits per heavy atom. The van der Waals surface area contributed by atoms with Gasteiger partial charge in [0.15, 0.2) is 5.58 Å². The molecule has 0 saturated carbocycles. The molecular formula is C30H31N3O3. The van der Waals surface area contributed by atoms with Gasteiger partial charge in [0.1, 0.15) is 5.52 Å². The van der Waals surface area contributed by atoms with E-state index in [0.29, 0.717) is 42.1 Å². The Bertz CT molecular complexity index is 1350. The van der Waals surface area contributed by atoms with E-state index in [0.717, 1.165) is 24.0 Å². The molecule has 1 fully saturated rings. The number of aromatic nitrogens is 1. The van der Waals surface area contributed by atoms with Crippen molar-refractivity contribution in [1.82, 2.24) is 15.2 Å². The SMILES string of the molecule is Cc1ccc(-c2nc3cc(C(=O)N4CCC(CC(=O)NC(C)c5ccccc5)CC4)ccc3o2)cc1. The number of fused-ring (bicyclic) bond motifs is 1. The topological polar surface area (TPSA) is 75.4 Å². The van der Waals surface area contributed by atoms with Gasteiger partial charge in [-0.3, -0.25) is 9.59 Å². The number of carbonyl (C=O) groups excluding carboxylic acids is 2. The molecule has 3 aromatic carbocycles. The highest BCUT2D eigenvalue weighted by Crippen LogP contribution is 2.27. The highest BCUT2D eigenvalue weighted by Gasteiger charge is 2.26. The number of amides is 2. The van der Waals surface area contributed by atoms with Crippen molar-refractivity contribution in [3.05, 3.63) is 89.5 Å². The number of oxazole rings is 1. The summed E-state index contributed by atoms with van der Waals surface area (Å²) >= 11 is 0. The molecule has 5 rings (SSSR count). The van der Waals surface area contributed by atoms with Crippen LogP contribution in [0.2, 0.25) is 0 Å². The third kappa shape index (κ3) is 5.33. The number of hydrogen-bond acceptors (Lipinski definition) is 4. The van der Waals surface area contributed by atoms with Gasteiger partial charge in [-0.2, -0.15) is 0 Å². The highest BCUT2D eigenvalue weighted by atomic mass is 16.3. The molecule has 0 spiro atoms. The maximum absolute atomic E-state index is 13.2. The molecule has 1 aliphatic rings. The second kappa shape index (κ2) is 10.4. The average molecular weight is 482 g/mol. The van der Waals surface area contributed by atoms with Crippen molar-refractivity contribution in [2.24, 2.45) is 5.92 Å². The Labute approximate surface area is 211 Å². The van der Waals surface area contributed by atoms with Gasteiger partial charge in [-0.15, -0.1) is 0 Å². The first-order valence-electron chi connectivity index (χ1n) is 12.6. The lowest BCUT2D eigenvalue weighted by atomic mass is 9.92. The molecule has 2 amide bonds. The van der Waals surface area contributed by atoms with Crippen LogP contribution < -0.4 is 5.32 Å². The number of hydrogen-bond donors (Lipinski definition) is 1. The van der Waals surface area contributed by atoms with E-state index < -0.39 is 0 Å². The van der Waals surface area contributed by atoms with Gasteiger partial charge in [0.05, 0.1) is 6.04 Å². The normalized spacial score (nSPS) is 15.1. The minimum Gasteiger partial charge on any atom is -0.436 e. The Morgan fingerprint density at radius 1 is 1.03 bits per heavy atom. The Balaban J connectivity index is 1.17. The summed E-state index contributed by atoms with van der Waals surface area (Å²) in [7, 11) is 0. The highest BCUT2D eigenvalue weighted by molar-refractivity contribution is 5.97. The van der Waals surface area contributed by atoms with Gasteiger partial charge in [0.2, 0.25) is 11.8 Å². The standard InChI is InChI=1S/C30H31N3O3/c1-20-8-10-24(11-9-20)29-32-26-19-25(12-13-27(26)36-29)30(35)33-16-14-22(15-17-33)18-28(34)31-21(2)23-6-4-3-5-7-23/h3-13,19,21-22H,14-18H2,1-2H3,(H,31,34). The quantitative estimate of drug-likeness (QED) is 0.371. The molecule has 4 aromatic rings. The Morgan fingerprint density at radius 2 is 1.75 bits per heavy atom.